The predicted molar refractivity (Wildman–Crippen MR) is 125 cm³/mol. The molecule has 32 heavy (non-hydrogen) atoms. The molecule has 1 atom stereocenters. The van der Waals surface area contributed by atoms with Gasteiger partial charge in [0, 0.05) is 19.6 Å². The van der Waals surface area contributed by atoms with Crippen LogP contribution in [0, 0.1) is 5.92 Å². The summed E-state index contributed by atoms with van der Waals surface area (Å²) in [4.78, 5) is 13.7. The van der Waals surface area contributed by atoms with Gasteiger partial charge in [-0.2, -0.15) is 4.31 Å². The van der Waals surface area contributed by atoms with Crippen LogP contribution in [0.3, 0.4) is 0 Å². The molecule has 10 heteroatoms. The summed E-state index contributed by atoms with van der Waals surface area (Å²) in [5, 5.41) is 9.60. The molecule has 2 N–H and O–H groups in total. The number of aromatic hydroxyl groups is 1. The normalized spacial score (nSPS) is 15.5. The maximum Gasteiger partial charge on any atom is 0.307 e. The monoisotopic (exact) mass is 482 g/mol. The number of hydrogen-bond acceptors (Lipinski definition) is 7. The molecule has 8 nitrogen and oxygen atoms in total. The Morgan fingerprint density at radius 2 is 2.12 bits per heavy atom. The largest absolute Gasteiger partial charge is 0.494 e. The number of benzene rings is 1. The van der Waals surface area contributed by atoms with Gasteiger partial charge in [0.2, 0.25) is 15.9 Å². The first-order valence-electron chi connectivity index (χ1n) is 10.6. The van der Waals surface area contributed by atoms with Gasteiger partial charge in [-0.05, 0) is 49.8 Å². The number of H-pyrrole nitrogens is 1. The molecule has 1 aromatic heterocycles. The van der Waals surface area contributed by atoms with Crippen molar-refractivity contribution in [1.29, 1.82) is 0 Å². The number of rotatable bonds is 13. The van der Waals surface area contributed by atoms with Crippen molar-refractivity contribution in [3.63, 3.8) is 0 Å². The van der Waals surface area contributed by atoms with Crippen LogP contribution in [0.5, 0.6) is 11.6 Å². The molecule has 1 saturated carbocycles. The standard InChI is InChI=1S/C22H30N2O6S2/c1-16(18-7-6-8-19(13-18)30-14-17-10-11-17)24(15-29-2)32(27,28)12-5-3-4-9-20-21(25)23-22(26)31-20/h3-4,6-8,13,16-17,25H,5,9-12,14-15H2,1-2H3,(H,23,26). The van der Waals surface area contributed by atoms with Crippen molar-refractivity contribution >= 4 is 21.4 Å². The van der Waals surface area contributed by atoms with E-state index in [2.05, 4.69) is 4.98 Å². The van der Waals surface area contributed by atoms with E-state index in [-0.39, 0.29) is 23.2 Å². The molecule has 0 bridgehead atoms. The maximum atomic E-state index is 13.0. The number of methoxy groups -OCH3 is 1. The molecule has 1 aromatic carbocycles. The molecular formula is C22H30N2O6S2. The second-order valence-electron chi connectivity index (χ2n) is 7.87. The van der Waals surface area contributed by atoms with Crippen molar-refractivity contribution in [1.82, 2.24) is 9.29 Å². The first kappa shape index (κ1) is 24.5. The molecule has 0 amide bonds. The van der Waals surface area contributed by atoms with Gasteiger partial charge in [0.25, 0.3) is 0 Å². The third-order valence-electron chi connectivity index (χ3n) is 5.28. The highest BCUT2D eigenvalue weighted by molar-refractivity contribution is 7.89. The van der Waals surface area contributed by atoms with Crippen molar-refractivity contribution in [2.24, 2.45) is 5.92 Å². The first-order valence-corrected chi connectivity index (χ1v) is 13.0. The van der Waals surface area contributed by atoms with E-state index in [0.717, 1.165) is 22.6 Å². The molecule has 1 fully saturated rings. The van der Waals surface area contributed by atoms with Crippen molar-refractivity contribution in [2.45, 2.75) is 38.6 Å². The molecule has 0 saturated heterocycles. The third-order valence-corrected chi connectivity index (χ3v) is 8.06. The maximum absolute atomic E-state index is 13.0. The van der Waals surface area contributed by atoms with Gasteiger partial charge >= 0.3 is 4.87 Å². The lowest BCUT2D eigenvalue weighted by molar-refractivity contribution is 0.0974. The second kappa shape index (κ2) is 11.1. The Kier molecular flexibility index (Phi) is 8.52. The van der Waals surface area contributed by atoms with Crippen LogP contribution in [0.2, 0.25) is 0 Å². The number of nitrogens with one attached hydrogen (secondary N) is 1. The summed E-state index contributed by atoms with van der Waals surface area (Å²) in [5.41, 5.74) is 0.840. The summed E-state index contributed by atoms with van der Waals surface area (Å²) in [6.45, 7) is 2.48. The predicted octanol–water partition coefficient (Wildman–Crippen LogP) is 3.42. The highest BCUT2D eigenvalue weighted by atomic mass is 32.2. The minimum absolute atomic E-state index is 0.0500. The van der Waals surface area contributed by atoms with Gasteiger partial charge in [-0.25, -0.2) is 8.42 Å². The summed E-state index contributed by atoms with van der Waals surface area (Å²) in [7, 11) is -2.12. The van der Waals surface area contributed by atoms with E-state index < -0.39 is 16.1 Å². The number of aromatic nitrogens is 1. The van der Waals surface area contributed by atoms with Gasteiger partial charge in [-0.1, -0.05) is 35.6 Å². The van der Waals surface area contributed by atoms with E-state index in [4.69, 9.17) is 9.47 Å². The van der Waals surface area contributed by atoms with Crippen LogP contribution in [0.4, 0.5) is 0 Å². The molecule has 3 rings (SSSR count). The fourth-order valence-electron chi connectivity index (χ4n) is 3.22. The van der Waals surface area contributed by atoms with Gasteiger partial charge < -0.3 is 14.6 Å². The number of sulfonamides is 1. The molecule has 1 heterocycles. The average Bonchev–Trinajstić information content (AvgIpc) is 3.53. The van der Waals surface area contributed by atoms with E-state index in [0.29, 0.717) is 30.2 Å². The van der Waals surface area contributed by atoms with E-state index >= 15 is 0 Å². The smallest absolute Gasteiger partial charge is 0.307 e. The third kappa shape index (κ3) is 6.93. The number of aromatic amines is 1. The lowest BCUT2D eigenvalue weighted by Crippen LogP contribution is -2.36. The number of ether oxygens (including phenoxy) is 2. The van der Waals surface area contributed by atoms with E-state index in [1.165, 1.54) is 24.3 Å². The minimum atomic E-state index is -3.60. The van der Waals surface area contributed by atoms with Gasteiger partial charge in [-0.15, -0.1) is 0 Å². The Bertz CT molecular complexity index is 1070. The Hall–Kier alpha value is -2.14. The van der Waals surface area contributed by atoms with Gasteiger partial charge in [0.15, 0.2) is 0 Å². The Morgan fingerprint density at radius 1 is 1.34 bits per heavy atom. The zero-order valence-corrected chi connectivity index (χ0v) is 20.0. The molecular weight excluding hydrogens is 452 g/mol. The molecule has 176 valence electrons. The fraction of sp³-hybridized carbons (Fsp3) is 0.500. The fourth-order valence-corrected chi connectivity index (χ4v) is 5.46. The number of hydrogen-bond donors (Lipinski definition) is 2. The first-order chi connectivity index (χ1) is 15.3. The van der Waals surface area contributed by atoms with Crippen molar-refractivity contribution < 1.29 is 23.0 Å². The average molecular weight is 483 g/mol. The molecule has 0 aliphatic heterocycles. The second-order valence-corrected chi connectivity index (χ2v) is 11.0. The highest BCUT2D eigenvalue weighted by Gasteiger charge is 2.28. The number of allylic oxidation sites excluding steroid dienone is 2. The lowest BCUT2D eigenvalue weighted by Gasteiger charge is -2.28. The van der Waals surface area contributed by atoms with E-state index in [9.17, 15) is 18.3 Å². The van der Waals surface area contributed by atoms with Crippen LogP contribution in [-0.2, 0) is 21.2 Å². The number of nitrogens with zero attached hydrogens (tertiary/aromatic N) is 1. The molecule has 0 spiro atoms. The van der Waals surface area contributed by atoms with Crippen LogP contribution in [-0.4, -0.2) is 49.0 Å². The Labute approximate surface area is 192 Å². The summed E-state index contributed by atoms with van der Waals surface area (Å²) < 4.78 is 38.4. The lowest BCUT2D eigenvalue weighted by atomic mass is 10.1. The summed E-state index contributed by atoms with van der Waals surface area (Å²) in [5.74, 6) is 1.17. The summed E-state index contributed by atoms with van der Waals surface area (Å²) in [6.07, 6.45) is 6.57. The van der Waals surface area contributed by atoms with Crippen molar-refractivity contribution in [2.75, 3.05) is 26.2 Å². The summed E-state index contributed by atoms with van der Waals surface area (Å²) >= 11 is 0.935. The Balaban J connectivity index is 1.60. The SMILES string of the molecule is COCN(C(C)c1cccc(OCC2CC2)c1)S(=O)(=O)CCC=CCc1sc(=O)[nH]c1O. The van der Waals surface area contributed by atoms with Crippen LogP contribution in [0.25, 0.3) is 0 Å². The van der Waals surface area contributed by atoms with Crippen LogP contribution >= 0.6 is 11.3 Å². The van der Waals surface area contributed by atoms with E-state index in [1.54, 1.807) is 12.2 Å². The molecule has 2 aromatic rings. The zero-order chi connectivity index (χ0) is 23.1. The molecule has 0 radical (unpaired) electrons. The van der Waals surface area contributed by atoms with E-state index in [1.807, 2.05) is 31.2 Å². The quantitative estimate of drug-likeness (QED) is 0.335. The van der Waals surface area contributed by atoms with Gasteiger partial charge in [0.05, 0.1) is 17.2 Å². The number of thiazole rings is 1. The zero-order valence-electron chi connectivity index (χ0n) is 18.3. The topological polar surface area (TPSA) is 109 Å². The summed E-state index contributed by atoms with van der Waals surface area (Å²) in [6, 6.07) is 7.13. The Morgan fingerprint density at radius 3 is 2.78 bits per heavy atom. The van der Waals surface area contributed by atoms with Crippen LogP contribution < -0.4 is 9.61 Å². The molecule has 1 aliphatic rings. The van der Waals surface area contributed by atoms with Crippen LogP contribution in [0.15, 0.2) is 41.2 Å². The van der Waals surface area contributed by atoms with Crippen LogP contribution in [0.1, 0.15) is 42.7 Å². The molecule has 1 aliphatic carbocycles. The minimum Gasteiger partial charge on any atom is -0.494 e. The highest BCUT2D eigenvalue weighted by Crippen LogP contribution is 2.31. The molecule has 1 unspecified atom stereocenters. The van der Waals surface area contributed by atoms with Crippen molar-refractivity contribution in [3.8, 4) is 11.6 Å². The van der Waals surface area contributed by atoms with Gasteiger partial charge in [-0.3, -0.25) is 9.78 Å². The van der Waals surface area contributed by atoms with Gasteiger partial charge in [0.1, 0.15) is 12.5 Å². The van der Waals surface area contributed by atoms with Crippen molar-refractivity contribution in [3.05, 3.63) is 56.5 Å².